The number of amides is 3. The van der Waals surface area contributed by atoms with Gasteiger partial charge in [0, 0.05) is 24.3 Å². The first-order valence-corrected chi connectivity index (χ1v) is 8.13. The van der Waals surface area contributed by atoms with Crippen LogP contribution in [-0.4, -0.2) is 41.3 Å². The molecule has 3 N–H and O–H groups in total. The van der Waals surface area contributed by atoms with E-state index in [1.807, 2.05) is 0 Å². The van der Waals surface area contributed by atoms with Crippen LogP contribution in [0.5, 0.6) is 0 Å². The van der Waals surface area contributed by atoms with Gasteiger partial charge in [-0.3, -0.25) is 10.1 Å². The standard InChI is InChI=1S/C17H22N4O5/c1-17(2,3)26-16(25)20-14(19-15(23)24)18-11-6-4-7-12(10-11)21-9-5-8-13(21)22/h4,6-7,10H,5,8-9H2,1-3H3,(H,23,24)(H2,18,19,20,25). The van der Waals surface area contributed by atoms with E-state index in [4.69, 9.17) is 9.84 Å². The summed E-state index contributed by atoms with van der Waals surface area (Å²) in [4.78, 5) is 39.6. The van der Waals surface area contributed by atoms with Crippen LogP contribution in [0.3, 0.4) is 0 Å². The number of carbonyl (C=O) groups excluding carboxylic acids is 2. The SMILES string of the molecule is CC(C)(C)OC(=O)N/C(=N/C(=O)O)Nc1cccc(N2CCCC2=O)c1. The minimum absolute atomic E-state index is 0.0356. The maximum absolute atomic E-state index is 11.9. The molecule has 0 unspecified atom stereocenters. The molecule has 9 heteroatoms. The van der Waals surface area contributed by atoms with Crippen LogP contribution >= 0.6 is 0 Å². The summed E-state index contributed by atoms with van der Waals surface area (Å²) in [6.45, 7) is 5.69. The van der Waals surface area contributed by atoms with Crippen molar-refractivity contribution in [2.45, 2.75) is 39.2 Å². The molecule has 0 saturated carbocycles. The number of aliphatic imine (C=N–C) groups is 1. The maximum Gasteiger partial charge on any atom is 0.434 e. The van der Waals surface area contributed by atoms with Crippen molar-refractivity contribution >= 4 is 35.4 Å². The van der Waals surface area contributed by atoms with Crippen molar-refractivity contribution in [3.05, 3.63) is 24.3 Å². The van der Waals surface area contributed by atoms with Gasteiger partial charge in [0.05, 0.1) is 0 Å². The molecule has 26 heavy (non-hydrogen) atoms. The molecule has 0 spiro atoms. The largest absolute Gasteiger partial charge is 0.463 e. The second-order valence-corrected chi connectivity index (χ2v) is 6.69. The summed E-state index contributed by atoms with van der Waals surface area (Å²) in [5.74, 6) is -0.259. The normalized spacial score (nSPS) is 15.0. The van der Waals surface area contributed by atoms with Crippen molar-refractivity contribution < 1.29 is 24.2 Å². The van der Waals surface area contributed by atoms with Gasteiger partial charge in [-0.25, -0.2) is 9.59 Å². The third-order valence-corrected chi connectivity index (χ3v) is 3.32. The number of hydrogen-bond donors (Lipinski definition) is 3. The van der Waals surface area contributed by atoms with Gasteiger partial charge in [-0.2, -0.15) is 0 Å². The Morgan fingerprint density at radius 3 is 2.62 bits per heavy atom. The number of nitrogens with zero attached hydrogens (tertiary/aromatic N) is 2. The fourth-order valence-corrected chi connectivity index (χ4v) is 2.39. The molecule has 0 aromatic heterocycles. The molecule has 140 valence electrons. The lowest BCUT2D eigenvalue weighted by Gasteiger charge is -2.20. The third-order valence-electron chi connectivity index (χ3n) is 3.32. The van der Waals surface area contributed by atoms with E-state index in [0.29, 0.717) is 24.3 Å². The number of guanidine groups is 1. The molecule has 0 aliphatic carbocycles. The number of nitrogens with one attached hydrogen (secondary N) is 2. The number of benzene rings is 1. The van der Waals surface area contributed by atoms with Gasteiger partial charge < -0.3 is 20.1 Å². The average Bonchev–Trinajstić information content (AvgIpc) is 2.90. The number of carboxylic acid groups (broad SMARTS) is 1. The average molecular weight is 362 g/mol. The Kier molecular flexibility index (Phi) is 5.81. The molecule has 2 rings (SSSR count). The van der Waals surface area contributed by atoms with E-state index in [0.717, 1.165) is 6.42 Å². The summed E-state index contributed by atoms with van der Waals surface area (Å²) >= 11 is 0. The number of rotatable bonds is 2. The van der Waals surface area contributed by atoms with E-state index in [1.165, 1.54) is 0 Å². The number of carbonyl (C=O) groups is 3. The molecule has 1 aromatic carbocycles. The van der Waals surface area contributed by atoms with Gasteiger partial charge in [0.2, 0.25) is 11.9 Å². The summed E-state index contributed by atoms with van der Waals surface area (Å²) in [6.07, 6.45) is -1.02. The van der Waals surface area contributed by atoms with Crippen molar-refractivity contribution in [1.29, 1.82) is 0 Å². The lowest BCUT2D eigenvalue weighted by molar-refractivity contribution is -0.117. The molecule has 1 aliphatic rings. The zero-order valence-electron chi connectivity index (χ0n) is 14.9. The van der Waals surface area contributed by atoms with Crippen LogP contribution in [-0.2, 0) is 9.53 Å². The maximum atomic E-state index is 11.9. The van der Waals surface area contributed by atoms with Crippen LogP contribution in [0.1, 0.15) is 33.6 Å². The van der Waals surface area contributed by atoms with Crippen molar-refractivity contribution in [1.82, 2.24) is 5.32 Å². The summed E-state index contributed by atoms with van der Waals surface area (Å²) in [7, 11) is 0. The van der Waals surface area contributed by atoms with E-state index in [1.54, 1.807) is 49.9 Å². The highest BCUT2D eigenvalue weighted by Gasteiger charge is 2.22. The van der Waals surface area contributed by atoms with E-state index in [9.17, 15) is 14.4 Å². The van der Waals surface area contributed by atoms with E-state index < -0.39 is 17.8 Å². The summed E-state index contributed by atoms with van der Waals surface area (Å²) in [5.41, 5.74) is 0.414. The highest BCUT2D eigenvalue weighted by molar-refractivity contribution is 6.06. The predicted molar refractivity (Wildman–Crippen MR) is 96.5 cm³/mol. The molecule has 0 bridgehead atoms. The van der Waals surface area contributed by atoms with Gasteiger partial charge in [0.1, 0.15) is 5.60 Å². The monoisotopic (exact) mass is 362 g/mol. The first-order chi connectivity index (χ1) is 12.1. The molecular formula is C17H22N4O5. The van der Waals surface area contributed by atoms with Gasteiger partial charge in [-0.1, -0.05) is 6.07 Å². The molecule has 1 aliphatic heterocycles. The van der Waals surface area contributed by atoms with Crippen LogP contribution in [0.25, 0.3) is 0 Å². The van der Waals surface area contributed by atoms with Crippen LogP contribution < -0.4 is 15.5 Å². The number of alkyl carbamates (subject to hydrolysis) is 1. The van der Waals surface area contributed by atoms with Crippen molar-refractivity contribution in [2.75, 3.05) is 16.8 Å². The molecule has 1 fully saturated rings. The first kappa shape index (κ1) is 19.2. The molecule has 1 saturated heterocycles. The molecule has 1 heterocycles. The molecule has 0 radical (unpaired) electrons. The van der Waals surface area contributed by atoms with Crippen LogP contribution in [0.4, 0.5) is 21.0 Å². The Balaban J connectivity index is 2.14. The summed E-state index contributed by atoms with van der Waals surface area (Å²) in [5, 5.41) is 13.9. The van der Waals surface area contributed by atoms with E-state index in [-0.39, 0.29) is 11.9 Å². The van der Waals surface area contributed by atoms with Gasteiger partial charge in [-0.15, -0.1) is 4.99 Å². The lowest BCUT2D eigenvalue weighted by atomic mass is 10.2. The quantitative estimate of drug-likeness (QED) is 0.549. The summed E-state index contributed by atoms with van der Waals surface area (Å²) < 4.78 is 5.09. The Morgan fingerprint density at radius 2 is 2.04 bits per heavy atom. The number of ether oxygens (including phenoxy) is 1. The Bertz CT molecular complexity index is 739. The number of hydrogen-bond acceptors (Lipinski definition) is 4. The van der Waals surface area contributed by atoms with Crippen LogP contribution in [0.15, 0.2) is 29.3 Å². The Morgan fingerprint density at radius 1 is 1.31 bits per heavy atom. The predicted octanol–water partition coefficient (Wildman–Crippen LogP) is 2.78. The van der Waals surface area contributed by atoms with E-state index in [2.05, 4.69) is 15.6 Å². The zero-order valence-corrected chi connectivity index (χ0v) is 14.9. The molecule has 1 aromatic rings. The second-order valence-electron chi connectivity index (χ2n) is 6.69. The van der Waals surface area contributed by atoms with Crippen molar-refractivity contribution in [3.8, 4) is 0 Å². The first-order valence-electron chi connectivity index (χ1n) is 8.13. The zero-order chi connectivity index (χ0) is 19.3. The molecule has 0 atom stereocenters. The molecule has 3 amide bonds. The summed E-state index contributed by atoms with van der Waals surface area (Å²) in [6, 6.07) is 6.84. The smallest absolute Gasteiger partial charge is 0.434 e. The highest BCUT2D eigenvalue weighted by atomic mass is 16.6. The Hall–Kier alpha value is -3.10. The lowest BCUT2D eigenvalue weighted by Crippen LogP contribution is -2.40. The Labute approximate surface area is 151 Å². The molecular weight excluding hydrogens is 340 g/mol. The fraction of sp³-hybridized carbons (Fsp3) is 0.412. The van der Waals surface area contributed by atoms with Crippen molar-refractivity contribution in [3.63, 3.8) is 0 Å². The number of anilines is 2. The molecule has 9 nitrogen and oxygen atoms in total. The topological polar surface area (TPSA) is 120 Å². The van der Waals surface area contributed by atoms with Gasteiger partial charge in [0.25, 0.3) is 0 Å². The highest BCUT2D eigenvalue weighted by Crippen LogP contribution is 2.24. The fourth-order valence-electron chi connectivity index (χ4n) is 2.39. The minimum atomic E-state index is -1.48. The van der Waals surface area contributed by atoms with Crippen LogP contribution in [0, 0.1) is 0 Å². The van der Waals surface area contributed by atoms with E-state index >= 15 is 0 Å². The van der Waals surface area contributed by atoms with Crippen molar-refractivity contribution in [2.24, 2.45) is 4.99 Å². The van der Waals surface area contributed by atoms with Gasteiger partial charge in [-0.05, 0) is 45.4 Å². The van der Waals surface area contributed by atoms with Gasteiger partial charge >= 0.3 is 12.2 Å². The minimum Gasteiger partial charge on any atom is -0.463 e. The van der Waals surface area contributed by atoms with Crippen LogP contribution in [0.2, 0.25) is 0 Å². The second kappa shape index (κ2) is 7.85. The third kappa shape index (κ3) is 5.76. The van der Waals surface area contributed by atoms with Gasteiger partial charge in [0.15, 0.2) is 0 Å².